The van der Waals surface area contributed by atoms with E-state index in [1.54, 1.807) is 0 Å². The summed E-state index contributed by atoms with van der Waals surface area (Å²) >= 11 is 0. The van der Waals surface area contributed by atoms with Crippen LogP contribution in [0.4, 0.5) is 0 Å². The van der Waals surface area contributed by atoms with Crippen LogP contribution in [0, 0.1) is 5.41 Å². The lowest BCUT2D eigenvalue weighted by Crippen LogP contribution is -2.49. The molecule has 164 valence electrons. The molecule has 0 amide bonds. The molecule has 0 aliphatic carbocycles. The summed E-state index contributed by atoms with van der Waals surface area (Å²) in [6, 6.07) is 11.9. The first kappa shape index (κ1) is 21.3. The Kier molecular flexibility index (Phi) is 6.51. The van der Waals surface area contributed by atoms with Crippen LogP contribution in [0.25, 0.3) is 11.3 Å². The molecule has 2 aromatic heterocycles. The lowest BCUT2D eigenvalue weighted by atomic mass is 9.76. The molecule has 4 rings (SSSR count). The first-order valence-corrected chi connectivity index (χ1v) is 11.0. The number of imidazole rings is 1. The van der Waals surface area contributed by atoms with Crippen molar-refractivity contribution in [3.8, 4) is 11.3 Å². The van der Waals surface area contributed by atoms with E-state index in [1.807, 2.05) is 55.8 Å². The average molecular weight is 423 g/mol. The van der Waals surface area contributed by atoms with E-state index in [2.05, 4.69) is 26.5 Å². The fourth-order valence-electron chi connectivity index (χ4n) is 4.50. The van der Waals surface area contributed by atoms with Gasteiger partial charge in [0.25, 0.3) is 0 Å². The van der Waals surface area contributed by atoms with Gasteiger partial charge < -0.3 is 13.8 Å². The molecule has 1 saturated heterocycles. The highest BCUT2D eigenvalue weighted by atomic mass is 16.5. The minimum absolute atomic E-state index is 0.152. The number of esters is 1. The van der Waals surface area contributed by atoms with Crippen molar-refractivity contribution in [2.45, 2.75) is 46.2 Å². The number of nitrogens with zero attached hydrogens (tertiary/aromatic N) is 4. The molecule has 31 heavy (non-hydrogen) atoms. The maximum absolute atomic E-state index is 13.1. The molecule has 1 fully saturated rings. The first-order chi connectivity index (χ1) is 15.1. The van der Waals surface area contributed by atoms with Gasteiger partial charge in [-0.05, 0) is 33.2 Å². The molecule has 1 aliphatic rings. The van der Waals surface area contributed by atoms with Crippen LogP contribution < -0.4 is 0 Å². The number of hydrogen-bond donors (Lipinski definition) is 0. The average Bonchev–Trinajstić information content (AvgIpc) is 3.44. The summed E-state index contributed by atoms with van der Waals surface area (Å²) in [5.41, 5.74) is 2.31. The molecule has 0 N–H and O–H groups in total. The summed E-state index contributed by atoms with van der Waals surface area (Å²) < 4.78 is 13.3. The van der Waals surface area contributed by atoms with Gasteiger partial charge >= 0.3 is 5.97 Å². The second kappa shape index (κ2) is 9.47. The number of aromatic nitrogens is 3. The third-order valence-corrected chi connectivity index (χ3v) is 6.03. The summed E-state index contributed by atoms with van der Waals surface area (Å²) in [4.78, 5) is 19.8. The molecular formula is C24H30N4O3. The predicted octanol–water partition coefficient (Wildman–Crippen LogP) is 3.95. The molecule has 7 heteroatoms. The Morgan fingerprint density at radius 1 is 1.26 bits per heavy atom. The topological polar surface area (TPSA) is 73.4 Å². The number of aryl methyl sites for hydroxylation is 1. The minimum atomic E-state index is -0.640. The molecule has 0 saturated carbocycles. The minimum Gasteiger partial charge on any atom is -0.466 e. The lowest BCUT2D eigenvalue weighted by molar-refractivity contribution is -0.159. The molecule has 0 spiro atoms. The summed E-state index contributed by atoms with van der Waals surface area (Å²) in [6.45, 7) is 7.55. The van der Waals surface area contributed by atoms with E-state index in [4.69, 9.17) is 9.26 Å². The van der Waals surface area contributed by atoms with E-state index >= 15 is 0 Å². The second-order valence-electron chi connectivity index (χ2n) is 8.21. The number of hydrogen-bond acceptors (Lipinski definition) is 6. The molecule has 3 heterocycles. The SMILES string of the molecule is CCOC(=O)[C@]1(Cc2cc(-c3ccccc3)no2)CCCN(Cc2cncn2CC)C1. The quantitative estimate of drug-likeness (QED) is 0.512. The van der Waals surface area contributed by atoms with Gasteiger partial charge in [0, 0.05) is 43.9 Å². The summed E-state index contributed by atoms with van der Waals surface area (Å²) in [5, 5.41) is 4.24. The zero-order valence-electron chi connectivity index (χ0n) is 18.3. The van der Waals surface area contributed by atoms with Crippen LogP contribution in [-0.2, 0) is 29.0 Å². The van der Waals surface area contributed by atoms with Crippen molar-refractivity contribution in [1.82, 2.24) is 19.6 Å². The number of ether oxygens (including phenoxy) is 1. The number of rotatable bonds is 8. The third-order valence-electron chi connectivity index (χ3n) is 6.03. The zero-order valence-corrected chi connectivity index (χ0v) is 18.3. The zero-order chi connectivity index (χ0) is 21.7. The normalized spacial score (nSPS) is 19.4. The molecule has 1 aromatic carbocycles. The highest BCUT2D eigenvalue weighted by Gasteiger charge is 2.44. The Morgan fingerprint density at radius 2 is 2.10 bits per heavy atom. The third kappa shape index (κ3) is 4.71. The van der Waals surface area contributed by atoms with Crippen molar-refractivity contribution in [2.24, 2.45) is 5.41 Å². The Balaban J connectivity index is 1.55. The number of likely N-dealkylation sites (tertiary alicyclic amines) is 1. The predicted molar refractivity (Wildman–Crippen MR) is 117 cm³/mol. The van der Waals surface area contributed by atoms with E-state index in [1.165, 1.54) is 0 Å². The summed E-state index contributed by atoms with van der Waals surface area (Å²) in [6.07, 6.45) is 5.95. The van der Waals surface area contributed by atoms with Crippen molar-refractivity contribution in [3.63, 3.8) is 0 Å². The standard InChI is InChI=1S/C24H30N4O3/c1-3-28-18-25-15-20(28)16-27-12-8-11-24(17-27,23(29)30-4-2)14-21-13-22(26-31-21)19-9-6-5-7-10-19/h5-7,9-10,13,15,18H,3-4,8,11-12,14,16-17H2,1-2H3/t24-/m0/s1. The molecular weight excluding hydrogens is 392 g/mol. The Hall–Kier alpha value is -2.93. The van der Waals surface area contributed by atoms with Crippen LogP contribution >= 0.6 is 0 Å². The Bertz CT molecular complexity index is 997. The van der Waals surface area contributed by atoms with Crippen LogP contribution in [-0.4, -0.2) is 45.3 Å². The van der Waals surface area contributed by atoms with E-state index in [0.29, 0.717) is 25.3 Å². The monoisotopic (exact) mass is 422 g/mol. The van der Waals surface area contributed by atoms with Gasteiger partial charge in [0.2, 0.25) is 0 Å². The van der Waals surface area contributed by atoms with E-state index in [-0.39, 0.29) is 5.97 Å². The van der Waals surface area contributed by atoms with Crippen LogP contribution in [0.5, 0.6) is 0 Å². The smallest absolute Gasteiger partial charge is 0.313 e. The van der Waals surface area contributed by atoms with Crippen LogP contribution in [0.1, 0.15) is 38.1 Å². The maximum atomic E-state index is 13.1. The number of carbonyl (C=O) groups is 1. The fraction of sp³-hybridized carbons (Fsp3) is 0.458. The van der Waals surface area contributed by atoms with Gasteiger partial charge in [-0.2, -0.15) is 0 Å². The summed E-state index contributed by atoms with van der Waals surface area (Å²) in [7, 11) is 0. The molecule has 0 unspecified atom stereocenters. The van der Waals surface area contributed by atoms with Gasteiger partial charge in [0.05, 0.1) is 24.0 Å². The van der Waals surface area contributed by atoms with E-state index in [0.717, 1.165) is 49.4 Å². The first-order valence-electron chi connectivity index (χ1n) is 11.0. The molecule has 1 atom stereocenters. The molecule has 0 bridgehead atoms. The van der Waals surface area contributed by atoms with Gasteiger partial charge in [0.15, 0.2) is 0 Å². The van der Waals surface area contributed by atoms with E-state index in [9.17, 15) is 4.79 Å². The highest BCUT2D eigenvalue weighted by molar-refractivity contribution is 5.77. The molecule has 3 aromatic rings. The van der Waals surface area contributed by atoms with Crippen molar-refractivity contribution in [2.75, 3.05) is 19.7 Å². The van der Waals surface area contributed by atoms with Crippen molar-refractivity contribution < 1.29 is 14.1 Å². The molecule has 1 aliphatic heterocycles. The highest BCUT2D eigenvalue weighted by Crippen LogP contribution is 2.36. The second-order valence-corrected chi connectivity index (χ2v) is 8.21. The maximum Gasteiger partial charge on any atom is 0.313 e. The van der Waals surface area contributed by atoms with E-state index < -0.39 is 5.41 Å². The molecule has 7 nitrogen and oxygen atoms in total. The lowest BCUT2D eigenvalue weighted by Gasteiger charge is -2.40. The van der Waals surface area contributed by atoms with Crippen molar-refractivity contribution in [1.29, 1.82) is 0 Å². The molecule has 0 radical (unpaired) electrons. The number of carbonyl (C=O) groups excluding carboxylic acids is 1. The van der Waals surface area contributed by atoms with Crippen LogP contribution in [0.15, 0.2) is 53.4 Å². The van der Waals surface area contributed by atoms with Crippen LogP contribution in [0.2, 0.25) is 0 Å². The van der Waals surface area contributed by atoms with Crippen LogP contribution in [0.3, 0.4) is 0 Å². The number of piperidine rings is 1. The van der Waals surface area contributed by atoms with Crippen molar-refractivity contribution in [3.05, 3.63) is 60.4 Å². The fourth-order valence-corrected chi connectivity index (χ4v) is 4.50. The summed E-state index contributed by atoms with van der Waals surface area (Å²) in [5.74, 6) is 0.564. The van der Waals surface area contributed by atoms with Gasteiger partial charge in [0.1, 0.15) is 11.5 Å². The Labute approximate surface area is 183 Å². The van der Waals surface area contributed by atoms with Gasteiger partial charge in [-0.25, -0.2) is 4.98 Å². The van der Waals surface area contributed by atoms with Crippen molar-refractivity contribution >= 4 is 5.97 Å². The Morgan fingerprint density at radius 3 is 2.87 bits per heavy atom. The van der Waals surface area contributed by atoms with Gasteiger partial charge in [-0.1, -0.05) is 35.5 Å². The van der Waals surface area contributed by atoms with Gasteiger partial charge in [-0.3, -0.25) is 9.69 Å². The largest absolute Gasteiger partial charge is 0.466 e. The van der Waals surface area contributed by atoms with Gasteiger partial charge in [-0.15, -0.1) is 0 Å². The number of benzene rings is 1.